The van der Waals surface area contributed by atoms with Crippen LogP contribution in [-0.4, -0.2) is 54.9 Å². The molecule has 0 aromatic heterocycles. The summed E-state index contributed by atoms with van der Waals surface area (Å²) in [4.78, 5) is 28.8. The third-order valence-electron chi connectivity index (χ3n) is 5.08. The number of amides is 2. The predicted octanol–water partition coefficient (Wildman–Crippen LogP) is 2.26. The highest BCUT2D eigenvalue weighted by atomic mass is 16.5. The maximum atomic E-state index is 12.6. The molecule has 1 aliphatic heterocycles. The van der Waals surface area contributed by atoms with E-state index in [0.717, 1.165) is 30.6 Å². The maximum Gasteiger partial charge on any atom is 0.227 e. The Labute approximate surface area is 149 Å². The van der Waals surface area contributed by atoms with Gasteiger partial charge < -0.3 is 14.5 Å². The Bertz CT molecular complexity index is 631. The minimum atomic E-state index is 0.123. The third kappa shape index (κ3) is 4.41. The Kier molecular flexibility index (Phi) is 5.74. The van der Waals surface area contributed by atoms with E-state index in [4.69, 9.17) is 4.74 Å². The molecule has 0 radical (unpaired) electrons. The van der Waals surface area contributed by atoms with E-state index in [2.05, 4.69) is 12.2 Å². The molecular weight excluding hydrogens is 316 g/mol. The van der Waals surface area contributed by atoms with E-state index in [-0.39, 0.29) is 17.7 Å². The molecular formula is C20H26N2O3. The van der Waals surface area contributed by atoms with E-state index in [1.54, 1.807) is 7.11 Å². The highest BCUT2D eigenvalue weighted by molar-refractivity contribution is 5.81. The lowest BCUT2D eigenvalue weighted by atomic mass is 9.93. The molecule has 5 nitrogen and oxygen atoms in total. The number of rotatable bonds is 4. The lowest BCUT2D eigenvalue weighted by molar-refractivity contribution is -0.142. The van der Waals surface area contributed by atoms with Gasteiger partial charge in [0.1, 0.15) is 5.75 Å². The van der Waals surface area contributed by atoms with Crippen molar-refractivity contribution in [3.8, 4) is 5.75 Å². The first-order chi connectivity index (χ1) is 12.2. The normalized spacial score (nSPS) is 20.4. The van der Waals surface area contributed by atoms with Crippen molar-refractivity contribution in [2.45, 2.75) is 25.7 Å². The molecule has 1 atom stereocenters. The average Bonchev–Trinajstić information content (AvgIpc) is 2.69. The standard InChI is InChI=1S/C20H26N2O3/c1-25-18-9-7-16(8-10-18)15-19(23)21-11-13-22(14-12-21)20(24)17-5-3-2-4-6-17/h2-3,7-10,17H,4-6,11-15H2,1H3/t17-/m0/s1. The average molecular weight is 342 g/mol. The maximum absolute atomic E-state index is 12.6. The van der Waals surface area contributed by atoms with Crippen molar-refractivity contribution in [1.29, 1.82) is 0 Å². The highest BCUT2D eigenvalue weighted by Crippen LogP contribution is 2.21. The molecule has 0 N–H and O–H groups in total. The van der Waals surface area contributed by atoms with Crippen LogP contribution in [-0.2, 0) is 16.0 Å². The van der Waals surface area contributed by atoms with Crippen LogP contribution in [0.25, 0.3) is 0 Å². The van der Waals surface area contributed by atoms with Gasteiger partial charge in [0, 0.05) is 32.1 Å². The first-order valence-corrected chi connectivity index (χ1v) is 9.02. The summed E-state index contributed by atoms with van der Waals surface area (Å²) < 4.78 is 5.14. The molecule has 1 aromatic rings. The molecule has 0 saturated carbocycles. The lowest BCUT2D eigenvalue weighted by Crippen LogP contribution is -2.52. The topological polar surface area (TPSA) is 49.9 Å². The minimum absolute atomic E-state index is 0.123. The van der Waals surface area contributed by atoms with Crippen LogP contribution in [0.1, 0.15) is 24.8 Å². The fourth-order valence-corrected chi connectivity index (χ4v) is 3.48. The van der Waals surface area contributed by atoms with Gasteiger partial charge in [-0.15, -0.1) is 0 Å². The second-order valence-electron chi connectivity index (χ2n) is 6.71. The van der Waals surface area contributed by atoms with Gasteiger partial charge in [-0.1, -0.05) is 24.3 Å². The summed E-state index contributed by atoms with van der Waals surface area (Å²) in [6, 6.07) is 7.59. The summed E-state index contributed by atoms with van der Waals surface area (Å²) in [5, 5.41) is 0. The summed E-state index contributed by atoms with van der Waals surface area (Å²) in [6.45, 7) is 2.55. The predicted molar refractivity (Wildman–Crippen MR) is 96.3 cm³/mol. The number of nitrogens with zero attached hydrogens (tertiary/aromatic N) is 2. The van der Waals surface area contributed by atoms with Gasteiger partial charge in [0.15, 0.2) is 0 Å². The second kappa shape index (κ2) is 8.19. The van der Waals surface area contributed by atoms with Gasteiger partial charge in [-0.05, 0) is 37.0 Å². The summed E-state index contributed by atoms with van der Waals surface area (Å²) in [6.07, 6.45) is 7.46. The van der Waals surface area contributed by atoms with Gasteiger partial charge in [-0.25, -0.2) is 0 Å². The Hall–Kier alpha value is -2.30. The first-order valence-electron chi connectivity index (χ1n) is 9.02. The fraction of sp³-hybridized carbons (Fsp3) is 0.500. The van der Waals surface area contributed by atoms with Gasteiger partial charge in [0.25, 0.3) is 0 Å². The number of methoxy groups -OCH3 is 1. The number of allylic oxidation sites excluding steroid dienone is 2. The summed E-state index contributed by atoms with van der Waals surface area (Å²) in [7, 11) is 1.63. The Morgan fingerprint density at radius 1 is 1.04 bits per heavy atom. The monoisotopic (exact) mass is 342 g/mol. The zero-order chi connectivity index (χ0) is 17.6. The van der Waals surface area contributed by atoms with Crippen LogP contribution in [0.2, 0.25) is 0 Å². The molecule has 25 heavy (non-hydrogen) atoms. The van der Waals surface area contributed by atoms with Crippen LogP contribution in [0.3, 0.4) is 0 Å². The first kappa shape index (κ1) is 17.5. The van der Waals surface area contributed by atoms with E-state index in [1.807, 2.05) is 34.1 Å². The van der Waals surface area contributed by atoms with Crippen LogP contribution in [0.5, 0.6) is 5.75 Å². The molecule has 3 rings (SSSR count). The van der Waals surface area contributed by atoms with Gasteiger partial charge in [0.2, 0.25) is 11.8 Å². The van der Waals surface area contributed by atoms with E-state index in [0.29, 0.717) is 32.6 Å². The van der Waals surface area contributed by atoms with Crippen LogP contribution >= 0.6 is 0 Å². The van der Waals surface area contributed by atoms with Crippen molar-refractivity contribution in [3.63, 3.8) is 0 Å². The van der Waals surface area contributed by atoms with E-state index in [1.165, 1.54) is 0 Å². The van der Waals surface area contributed by atoms with Crippen LogP contribution in [0, 0.1) is 5.92 Å². The SMILES string of the molecule is COc1ccc(CC(=O)N2CCN(C(=O)[C@H]3CC=CCC3)CC2)cc1. The quantitative estimate of drug-likeness (QED) is 0.789. The van der Waals surface area contributed by atoms with Gasteiger partial charge in [-0.3, -0.25) is 9.59 Å². The summed E-state index contributed by atoms with van der Waals surface area (Å²) >= 11 is 0. The van der Waals surface area contributed by atoms with Gasteiger partial charge >= 0.3 is 0 Å². The third-order valence-corrected chi connectivity index (χ3v) is 5.08. The van der Waals surface area contributed by atoms with Gasteiger partial charge in [0.05, 0.1) is 13.5 Å². The molecule has 0 spiro atoms. The molecule has 2 aliphatic rings. The Morgan fingerprint density at radius 2 is 1.72 bits per heavy atom. The number of hydrogen-bond acceptors (Lipinski definition) is 3. The zero-order valence-corrected chi connectivity index (χ0v) is 14.8. The van der Waals surface area contributed by atoms with Crippen molar-refractivity contribution in [2.24, 2.45) is 5.92 Å². The van der Waals surface area contributed by atoms with Crippen LogP contribution in [0.15, 0.2) is 36.4 Å². The van der Waals surface area contributed by atoms with E-state index < -0.39 is 0 Å². The van der Waals surface area contributed by atoms with E-state index in [9.17, 15) is 9.59 Å². The number of carbonyl (C=O) groups excluding carboxylic acids is 2. The van der Waals surface area contributed by atoms with Crippen molar-refractivity contribution in [3.05, 3.63) is 42.0 Å². The number of piperazine rings is 1. The molecule has 5 heteroatoms. The largest absolute Gasteiger partial charge is 0.497 e. The smallest absolute Gasteiger partial charge is 0.227 e. The molecule has 0 unspecified atom stereocenters. The molecule has 134 valence electrons. The van der Waals surface area contributed by atoms with Crippen molar-refractivity contribution < 1.29 is 14.3 Å². The molecule has 1 heterocycles. The number of benzene rings is 1. The number of hydrogen-bond donors (Lipinski definition) is 0. The molecule has 1 aromatic carbocycles. The fourth-order valence-electron chi connectivity index (χ4n) is 3.48. The summed E-state index contributed by atoms with van der Waals surface area (Å²) in [5.41, 5.74) is 0.985. The Morgan fingerprint density at radius 3 is 2.32 bits per heavy atom. The van der Waals surface area contributed by atoms with Gasteiger partial charge in [-0.2, -0.15) is 0 Å². The van der Waals surface area contributed by atoms with E-state index >= 15 is 0 Å². The minimum Gasteiger partial charge on any atom is -0.497 e. The summed E-state index contributed by atoms with van der Waals surface area (Å²) in [5.74, 6) is 1.30. The molecule has 0 bridgehead atoms. The van der Waals surface area contributed by atoms with Crippen LogP contribution < -0.4 is 4.74 Å². The van der Waals surface area contributed by atoms with Crippen molar-refractivity contribution in [1.82, 2.24) is 9.80 Å². The molecule has 1 aliphatic carbocycles. The second-order valence-corrected chi connectivity index (χ2v) is 6.71. The zero-order valence-electron chi connectivity index (χ0n) is 14.8. The Balaban J connectivity index is 1.48. The van der Waals surface area contributed by atoms with Crippen LogP contribution in [0.4, 0.5) is 0 Å². The number of ether oxygens (including phenoxy) is 1. The number of carbonyl (C=O) groups is 2. The molecule has 1 saturated heterocycles. The molecule has 1 fully saturated rings. The van der Waals surface area contributed by atoms with Crippen molar-refractivity contribution in [2.75, 3.05) is 33.3 Å². The highest BCUT2D eigenvalue weighted by Gasteiger charge is 2.28. The van der Waals surface area contributed by atoms with Crippen molar-refractivity contribution >= 4 is 11.8 Å². The molecule has 2 amide bonds. The lowest BCUT2D eigenvalue weighted by Gasteiger charge is -2.36.